The molecule has 5 rings (SSSR count). The molecule has 35 heavy (non-hydrogen) atoms. The molecule has 2 aromatic heterocycles. The Bertz CT molecular complexity index is 1710. The minimum absolute atomic E-state index is 0.0454. The van der Waals surface area contributed by atoms with Crippen LogP contribution in [0.3, 0.4) is 0 Å². The number of aromatic nitrogens is 3. The van der Waals surface area contributed by atoms with E-state index < -0.39 is 15.7 Å². The Morgan fingerprint density at radius 2 is 1.57 bits per heavy atom. The summed E-state index contributed by atoms with van der Waals surface area (Å²) in [7, 11) is -4.11. The fourth-order valence-corrected chi connectivity index (χ4v) is 5.68. The number of rotatable bonds is 6. The third kappa shape index (κ3) is 3.96. The average molecular weight is 503 g/mol. The van der Waals surface area contributed by atoms with E-state index in [2.05, 4.69) is 16.9 Å². The van der Waals surface area contributed by atoms with Crippen LogP contribution in [0.15, 0.2) is 101 Å². The van der Waals surface area contributed by atoms with E-state index in [9.17, 15) is 13.2 Å². The van der Waals surface area contributed by atoms with Gasteiger partial charge in [0.2, 0.25) is 9.84 Å². The molecule has 9 heteroatoms. The maximum absolute atomic E-state index is 13.9. The lowest BCUT2D eigenvalue weighted by atomic mass is 10.2. The topological polar surface area (TPSA) is 94.0 Å². The van der Waals surface area contributed by atoms with Crippen molar-refractivity contribution < 1.29 is 13.2 Å². The first-order valence-electron chi connectivity index (χ1n) is 10.7. The molecule has 3 aromatic carbocycles. The van der Waals surface area contributed by atoms with Crippen LogP contribution in [-0.4, -0.2) is 28.9 Å². The highest BCUT2D eigenvalue weighted by molar-refractivity contribution is 7.92. The number of nitrogens with one attached hydrogen (secondary N) is 1. The van der Waals surface area contributed by atoms with Gasteiger partial charge in [0.05, 0.1) is 26.5 Å². The zero-order chi connectivity index (χ0) is 24.6. The summed E-state index contributed by atoms with van der Waals surface area (Å²) in [5.41, 5.74) is 1.80. The number of fused-ring (bicyclic) bond motifs is 2. The zero-order valence-corrected chi connectivity index (χ0v) is 19.9. The van der Waals surface area contributed by atoms with Crippen LogP contribution in [0.5, 0.6) is 0 Å². The lowest BCUT2D eigenvalue weighted by Crippen LogP contribution is -2.18. The van der Waals surface area contributed by atoms with Crippen molar-refractivity contribution in [2.75, 3.05) is 5.32 Å². The van der Waals surface area contributed by atoms with E-state index in [-0.39, 0.29) is 38.3 Å². The number of benzene rings is 3. The third-order valence-corrected chi connectivity index (χ3v) is 7.64. The second-order valence-electron chi connectivity index (χ2n) is 7.71. The van der Waals surface area contributed by atoms with Gasteiger partial charge in [0.25, 0.3) is 5.91 Å². The van der Waals surface area contributed by atoms with Crippen molar-refractivity contribution in [3.05, 3.63) is 102 Å². The van der Waals surface area contributed by atoms with Crippen LogP contribution in [0.1, 0.15) is 10.4 Å². The van der Waals surface area contributed by atoms with E-state index in [1.165, 1.54) is 12.1 Å². The summed E-state index contributed by atoms with van der Waals surface area (Å²) in [5.74, 6) is -0.512. The van der Waals surface area contributed by atoms with E-state index in [0.717, 1.165) is 0 Å². The fraction of sp³-hybridized carbons (Fsp3) is 0.0385. The van der Waals surface area contributed by atoms with Crippen molar-refractivity contribution in [1.82, 2.24) is 14.5 Å². The van der Waals surface area contributed by atoms with Crippen LogP contribution in [0.25, 0.3) is 22.2 Å². The van der Waals surface area contributed by atoms with Crippen molar-refractivity contribution in [1.29, 1.82) is 0 Å². The van der Waals surface area contributed by atoms with Crippen LogP contribution < -0.4 is 5.32 Å². The van der Waals surface area contributed by atoms with E-state index in [1.807, 2.05) is 6.07 Å². The molecule has 1 amide bonds. The number of carbonyl (C=O) groups is 1. The molecule has 0 aliphatic heterocycles. The molecule has 0 unspecified atom stereocenters. The maximum atomic E-state index is 13.9. The Morgan fingerprint density at radius 1 is 0.943 bits per heavy atom. The van der Waals surface area contributed by atoms with Gasteiger partial charge in [-0.1, -0.05) is 60.1 Å². The molecule has 0 aliphatic carbocycles. The number of nitrogens with zero attached hydrogens (tertiary/aromatic N) is 3. The molecule has 0 saturated heterocycles. The highest BCUT2D eigenvalue weighted by atomic mass is 35.5. The molecular formula is C26H19ClN4O3S. The summed E-state index contributed by atoms with van der Waals surface area (Å²) < 4.78 is 29.4. The molecule has 0 saturated carbocycles. The smallest absolute Gasteiger partial charge is 0.258 e. The van der Waals surface area contributed by atoms with Crippen LogP contribution in [0.2, 0.25) is 5.02 Å². The first kappa shape index (κ1) is 22.8. The Balaban J connectivity index is 1.84. The van der Waals surface area contributed by atoms with Gasteiger partial charge >= 0.3 is 0 Å². The van der Waals surface area contributed by atoms with Crippen LogP contribution in [0, 0.1) is 0 Å². The molecule has 0 aliphatic rings. The van der Waals surface area contributed by atoms with Crippen molar-refractivity contribution >= 4 is 55.4 Å². The molecule has 0 spiro atoms. The number of carbonyl (C=O) groups excluding carboxylic acids is 1. The predicted octanol–water partition coefficient (Wildman–Crippen LogP) is 5.51. The normalized spacial score (nSPS) is 11.6. The van der Waals surface area contributed by atoms with Gasteiger partial charge in [-0.2, -0.15) is 0 Å². The first-order valence-corrected chi connectivity index (χ1v) is 12.5. The van der Waals surface area contributed by atoms with Gasteiger partial charge in [0.1, 0.15) is 16.2 Å². The van der Waals surface area contributed by atoms with E-state index in [1.54, 1.807) is 71.3 Å². The minimum atomic E-state index is -4.11. The number of para-hydroxylation sites is 2. The Labute approximate surface area is 206 Å². The predicted molar refractivity (Wildman–Crippen MR) is 137 cm³/mol. The second-order valence-corrected chi connectivity index (χ2v) is 10.0. The van der Waals surface area contributed by atoms with Gasteiger partial charge in [-0.25, -0.2) is 18.4 Å². The second kappa shape index (κ2) is 8.98. The molecule has 0 atom stereocenters. The molecule has 0 bridgehead atoms. The SMILES string of the molecule is C=CCn1c(NC(=O)c2ccccc2Cl)c(S(=O)(=O)c2ccccc2)c2nc3ccccc3nc21. The largest absolute Gasteiger partial charge is 0.307 e. The number of allylic oxidation sites excluding steroid dienone is 1. The molecule has 0 radical (unpaired) electrons. The van der Waals surface area contributed by atoms with E-state index >= 15 is 0 Å². The number of hydrogen-bond donors (Lipinski definition) is 1. The summed E-state index contributed by atoms with van der Waals surface area (Å²) in [5, 5.41) is 3.02. The number of anilines is 1. The minimum Gasteiger partial charge on any atom is -0.307 e. The summed E-state index contributed by atoms with van der Waals surface area (Å²) in [6.07, 6.45) is 1.60. The molecule has 1 N–H and O–H groups in total. The van der Waals surface area contributed by atoms with Crippen LogP contribution in [-0.2, 0) is 16.4 Å². The fourth-order valence-electron chi connectivity index (χ4n) is 3.90. The number of amides is 1. The van der Waals surface area contributed by atoms with Crippen molar-refractivity contribution in [2.45, 2.75) is 16.3 Å². The average Bonchev–Trinajstić information content (AvgIpc) is 3.16. The van der Waals surface area contributed by atoms with E-state index in [0.29, 0.717) is 16.7 Å². The molecule has 5 aromatic rings. The van der Waals surface area contributed by atoms with Crippen LogP contribution in [0.4, 0.5) is 5.82 Å². The molecule has 174 valence electrons. The van der Waals surface area contributed by atoms with E-state index in [4.69, 9.17) is 16.6 Å². The Hall–Kier alpha value is -4.01. The lowest BCUT2D eigenvalue weighted by Gasteiger charge is -2.12. The van der Waals surface area contributed by atoms with Crippen LogP contribution >= 0.6 is 11.6 Å². The molecule has 0 fully saturated rings. The van der Waals surface area contributed by atoms with Crippen molar-refractivity contribution in [3.8, 4) is 0 Å². The number of sulfone groups is 1. The highest BCUT2D eigenvalue weighted by Crippen LogP contribution is 2.37. The molecular weight excluding hydrogens is 484 g/mol. The lowest BCUT2D eigenvalue weighted by molar-refractivity contribution is 0.102. The summed E-state index contributed by atoms with van der Waals surface area (Å²) in [6, 6.07) is 21.7. The third-order valence-electron chi connectivity index (χ3n) is 5.49. The first-order chi connectivity index (χ1) is 16.9. The summed E-state index contributed by atoms with van der Waals surface area (Å²) in [6.45, 7) is 3.98. The molecule has 7 nitrogen and oxygen atoms in total. The van der Waals surface area contributed by atoms with Gasteiger partial charge in [-0.3, -0.25) is 4.79 Å². The Kier molecular flexibility index (Phi) is 5.84. The zero-order valence-electron chi connectivity index (χ0n) is 18.3. The van der Waals surface area contributed by atoms with Gasteiger partial charge < -0.3 is 9.88 Å². The summed E-state index contributed by atoms with van der Waals surface area (Å²) in [4.78, 5) is 22.5. The van der Waals surface area contributed by atoms with Crippen molar-refractivity contribution in [2.24, 2.45) is 0 Å². The Morgan fingerprint density at radius 3 is 2.26 bits per heavy atom. The number of halogens is 1. The maximum Gasteiger partial charge on any atom is 0.258 e. The highest BCUT2D eigenvalue weighted by Gasteiger charge is 2.32. The summed E-state index contributed by atoms with van der Waals surface area (Å²) >= 11 is 6.23. The van der Waals surface area contributed by atoms with Crippen molar-refractivity contribution in [3.63, 3.8) is 0 Å². The van der Waals surface area contributed by atoms with Gasteiger partial charge in [-0.05, 0) is 36.4 Å². The van der Waals surface area contributed by atoms with Gasteiger partial charge in [0, 0.05) is 6.54 Å². The van der Waals surface area contributed by atoms with Gasteiger partial charge in [-0.15, -0.1) is 6.58 Å². The molecule has 2 heterocycles. The van der Waals surface area contributed by atoms with Gasteiger partial charge in [0.15, 0.2) is 5.65 Å². The monoisotopic (exact) mass is 502 g/mol. The standard InChI is InChI=1S/C26H19ClN4O3S/c1-2-16-31-24-22(28-20-14-8-9-15-21(20)29-24)23(35(33,34)17-10-4-3-5-11-17)25(31)30-26(32)18-12-6-7-13-19(18)27/h2-15H,1,16H2,(H,30,32). The quantitative estimate of drug-likeness (QED) is 0.309. The number of hydrogen-bond acceptors (Lipinski definition) is 5.